The minimum Gasteiger partial charge on any atom is -0.381 e. The van der Waals surface area contributed by atoms with Gasteiger partial charge in [0.2, 0.25) is 0 Å². The van der Waals surface area contributed by atoms with Crippen LogP contribution in [0.1, 0.15) is 60.8 Å². The molecule has 5 atom stereocenters. The number of Topliss-reactive ketones (excluding diaryl/α,β-unsaturated/α-hetero) is 1. The van der Waals surface area contributed by atoms with Gasteiger partial charge in [-0.2, -0.15) is 0 Å². The van der Waals surface area contributed by atoms with Crippen LogP contribution in [-0.2, 0) is 9.53 Å². The Balaban J connectivity index is 2.90. The van der Waals surface area contributed by atoms with Crippen LogP contribution in [0.25, 0.3) is 0 Å². The van der Waals surface area contributed by atoms with Gasteiger partial charge in [-0.15, -0.1) is 0 Å². The van der Waals surface area contributed by atoms with E-state index >= 15 is 0 Å². The van der Waals surface area contributed by atoms with E-state index in [1.807, 2.05) is 14.0 Å². The Bertz CT molecular complexity index is 308. The summed E-state index contributed by atoms with van der Waals surface area (Å²) >= 11 is 0. The van der Waals surface area contributed by atoms with Crippen LogP contribution in [-0.4, -0.2) is 19.0 Å². The van der Waals surface area contributed by atoms with Crippen LogP contribution in [0.15, 0.2) is 0 Å². The molecule has 112 valence electrons. The molecule has 0 aromatic carbocycles. The van der Waals surface area contributed by atoms with Gasteiger partial charge in [0.15, 0.2) is 0 Å². The monoisotopic (exact) mass is 268 g/mol. The fraction of sp³-hybridized carbons (Fsp3) is 0.941. The number of methoxy groups -OCH3 is 1. The minimum atomic E-state index is 0.147. The topological polar surface area (TPSA) is 26.3 Å². The molecule has 1 aliphatic rings. The molecule has 0 amide bonds. The molecule has 0 bridgehead atoms. The summed E-state index contributed by atoms with van der Waals surface area (Å²) < 4.78 is 5.78. The molecule has 19 heavy (non-hydrogen) atoms. The predicted octanol–water partition coefficient (Wildman–Crippen LogP) is 4.33. The van der Waals surface area contributed by atoms with Crippen LogP contribution < -0.4 is 0 Å². The maximum atomic E-state index is 12.0. The van der Waals surface area contributed by atoms with Gasteiger partial charge in [0.25, 0.3) is 0 Å². The van der Waals surface area contributed by atoms with Gasteiger partial charge >= 0.3 is 0 Å². The van der Waals surface area contributed by atoms with Crippen molar-refractivity contribution in [1.82, 2.24) is 0 Å². The van der Waals surface area contributed by atoms with E-state index in [0.717, 1.165) is 0 Å². The number of ketones is 1. The molecule has 0 aromatic heterocycles. The molecule has 5 unspecified atom stereocenters. The average molecular weight is 268 g/mol. The Labute approximate surface area is 119 Å². The van der Waals surface area contributed by atoms with Crippen molar-refractivity contribution >= 4 is 5.78 Å². The van der Waals surface area contributed by atoms with Gasteiger partial charge in [-0.1, -0.05) is 41.5 Å². The highest BCUT2D eigenvalue weighted by Gasteiger charge is 2.43. The second-order valence-corrected chi connectivity index (χ2v) is 7.38. The molecule has 0 radical (unpaired) electrons. The lowest BCUT2D eigenvalue weighted by Gasteiger charge is -2.47. The molecule has 0 aromatic rings. The van der Waals surface area contributed by atoms with Gasteiger partial charge in [0.1, 0.15) is 5.78 Å². The summed E-state index contributed by atoms with van der Waals surface area (Å²) in [5.74, 6) is 2.01. The Hall–Kier alpha value is -0.370. The molecule has 0 heterocycles. The molecule has 2 heteroatoms. The summed E-state index contributed by atoms with van der Waals surface area (Å²) in [6.07, 6.45) is 3.33. The van der Waals surface area contributed by atoms with Crippen molar-refractivity contribution in [3.05, 3.63) is 0 Å². The molecule has 1 saturated carbocycles. The smallest absolute Gasteiger partial charge is 0.135 e. The molecule has 0 saturated heterocycles. The van der Waals surface area contributed by atoms with E-state index in [-0.39, 0.29) is 5.92 Å². The highest BCUT2D eigenvalue weighted by molar-refractivity contribution is 5.80. The molecule has 1 fully saturated rings. The first kappa shape index (κ1) is 16.7. The Kier molecular flexibility index (Phi) is 5.61. The maximum absolute atomic E-state index is 12.0. The summed E-state index contributed by atoms with van der Waals surface area (Å²) in [7, 11) is 1.82. The standard InChI is InChI=1S/C17H32O2/c1-8-15(18)13(4)12(3)14-10-17(5,6)9-11(2)16(14)19-7/h11-14,16H,8-10H2,1-7H3. The van der Waals surface area contributed by atoms with Gasteiger partial charge in [-0.05, 0) is 36.0 Å². The van der Waals surface area contributed by atoms with Gasteiger partial charge < -0.3 is 4.74 Å². The first-order valence-electron chi connectivity index (χ1n) is 7.79. The average Bonchev–Trinajstić information content (AvgIpc) is 2.34. The van der Waals surface area contributed by atoms with Crippen molar-refractivity contribution in [1.29, 1.82) is 0 Å². The summed E-state index contributed by atoms with van der Waals surface area (Å²) in [6.45, 7) is 13.3. The summed E-state index contributed by atoms with van der Waals surface area (Å²) in [6, 6.07) is 0. The summed E-state index contributed by atoms with van der Waals surface area (Å²) in [4.78, 5) is 12.0. The number of ether oxygens (including phenoxy) is 1. The second-order valence-electron chi connectivity index (χ2n) is 7.38. The van der Waals surface area contributed by atoms with E-state index in [2.05, 4.69) is 34.6 Å². The molecular weight excluding hydrogens is 236 g/mol. The molecule has 2 nitrogen and oxygen atoms in total. The van der Waals surface area contributed by atoms with Gasteiger partial charge in [-0.25, -0.2) is 0 Å². The maximum Gasteiger partial charge on any atom is 0.135 e. The normalized spacial score (nSPS) is 33.7. The predicted molar refractivity (Wildman–Crippen MR) is 80.1 cm³/mol. The number of carbonyl (C=O) groups excluding carboxylic acids is 1. The van der Waals surface area contributed by atoms with Gasteiger partial charge in [-0.3, -0.25) is 4.79 Å². The number of rotatable bonds is 5. The van der Waals surface area contributed by atoms with Crippen molar-refractivity contribution < 1.29 is 9.53 Å². The minimum absolute atomic E-state index is 0.147. The molecule has 0 N–H and O–H groups in total. The number of carbonyl (C=O) groups is 1. The Morgan fingerprint density at radius 2 is 1.89 bits per heavy atom. The lowest BCUT2D eigenvalue weighted by atomic mass is 9.61. The number of hydrogen-bond acceptors (Lipinski definition) is 2. The van der Waals surface area contributed by atoms with Crippen molar-refractivity contribution in [2.24, 2.45) is 29.1 Å². The third-order valence-corrected chi connectivity index (χ3v) is 5.24. The van der Waals surface area contributed by atoms with E-state index in [1.54, 1.807) is 0 Å². The van der Waals surface area contributed by atoms with Crippen molar-refractivity contribution in [3.8, 4) is 0 Å². The first-order chi connectivity index (χ1) is 8.73. The van der Waals surface area contributed by atoms with Crippen LogP contribution >= 0.6 is 0 Å². The lowest BCUT2D eigenvalue weighted by Crippen LogP contribution is -2.45. The van der Waals surface area contributed by atoms with Gasteiger partial charge in [0, 0.05) is 19.4 Å². The van der Waals surface area contributed by atoms with E-state index < -0.39 is 0 Å². The van der Waals surface area contributed by atoms with E-state index in [0.29, 0.717) is 41.5 Å². The lowest BCUT2D eigenvalue weighted by molar-refractivity contribution is -0.127. The van der Waals surface area contributed by atoms with Crippen molar-refractivity contribution in [2.75, 3.05) is 7.11 Å². The molecule has 0 spiro atoms. The SMILES string of the molecule is CCC(=O)C(C)C(C)C1CC(C)(C)CC(C)C1OC. The van der Waals surface area contributed by atoms with Crippen molar-refractivity contribution in [3.63, 3.8) is 0 Å². The van der Waals surface area contributed by atoms with Crippen LogP contribution in [0.2, 0.25) is 0 Å². The first-order valence-corrected chi connectivity index (χ1v) is 7.79. The van der Waals surface area contributed by atoms with Crippen LogP contribution in [0.5, 0.6) is 0 Å². The molecule has 1 aliphatic carbocycles. The molecular formula is C17H32O2. The Morgan fingerprint density at radius 3 is 2.37 bits per heavy atom. The highest BCUT2D eigenvalue weighted by Crippen LogP contribution is 2.47. The van der Waals surface area contributed by atoms with Crippen LogP contribution in [0.4, 0.5) is 0 Å². The molecule has 0 aliphatic heterocycles. The zero-order valence-corrected chi connectivity index (χ0v) is 13.8. The van der Waals surface area contributed by atoms with Gasteiger partial charge in [0.05, 0.1) is 6.10 Å². The van der Waals surface area contributed by atoms with Crippen LogP contribution in [0.3, 0.4) is 0 Å². The zero-order valence-electron chi connectivity index (χ0n) is 13.8. The third-order valence-electron chi connectivity index (χ3n) is 5.24. The summed E-state index contributed by atoms with van der Waals surface area (Å²) in [5, 5.41) is 0. The summed E-state index contributed by atoms with van der Waals surface area (Å²) in [5.41, 5.74) is 0.363. The molecule has 1 rings (SSSR count). The highest BCUT2D eigenvalue weighted by atomic mass is 16.5. The zero-order chi connectivity index (χ0) is 14.8. The van der Waals surface area contributed by atoms with E-state index in [9.17, 15) is 4.79 Å². The largest absolute Gasteiger partial charge is 0.381 e. The Morgan fingerprint density at radius 1 is 1.32 bits per heavy atom. The fourth-order valence-electron chi connectivity index (χ4n) is 4.13. The number of hydrogen-bond donors (Lipinski definition) is 0. The van der Waals surface area contributed by atoms with Crippen LogP contribution in [0, 0.1) is 29.1 Å². The van der Waals surface area contributed by atoms with E-state index in [1.165, 1.54) is 12.8 Å². The van der Waals surface area contributed by atoms with E-state index in [4.69, 9.17) is 4.74 Å². The fourth-order valence-corrected chi connectivity index (χ4v) is 4.13. The third kappa shape index (κ3) is 3.81. The second kappa shape index (κ2) is 6.39. The quantitative estimate of drug-likeness (QED) is 0.742. The van der Waals surface area contributed by atoms with Crippen molar-refractivity contribution in [2.45, 2.75) is 66.9 Å².